The average molecular weight is 389 g/mol. The summed E-state index contributed by atoms with van der Waals surface area (Å²) < 4.78 is 0. The van der Waals surface area contributed by atoms with E-state index in [9.17, 15) is 9.90 Å². The number of hydrogen-bond acceptors (Lipinski definition) is 4. The number of nitrogens with one attached hydrogen (secondary N) is 1. The van der Waals surface area contributed by atoms with Gasteiger partial charge in [-0.15, -0.1) is 0 Å². The molecule has 2 atom stereocenters. The number of aliphatic hydroxyl groups excluding tert-OH is 1. The number of halogens is 1. The minimum absolute atomic E-state index is 0.0336. The number of benzene rings is 1. The molecule has 2 N–H and O–H groups in total. The van der Waals surface area contributed by atoms with Gasteiger partial charge in [0.25, 0.3) is 0 Å². The van der Waals surface area contributed by atoms with Crippen LogP contribution in [0.2, 0.25) is 5.02 Å². The lowest BCUT2D eigenvalue weighted by atomic mass is 10.1. The summed E-state index contributed by atoms with van der Waals surface area (Å²) in [6.45, 7) is 4.65. The first-order valence-corrected chi connectivity index (χ1v) is 9.52. The van der Waals surface area contributed by atoms with Crippen molar-refractivity contribution >= 4 is 17.6 Å². The number of hydrogen-bond donors (Lipinski definition) is 2. The van der Waals surface area contributed by atoms with Gasteiger partial charge in [-0.25, -0.2) is 4.79 Å². The number of carbonyl (C=O) groups excluding carboxylic acids is 1. The summed E-state index contributed by atoms with van der Waals surface area (Å²) in [5, 5.41) is 13.6. The third-order valence-electron chi connectivity index (χ3n) is 4.99. The van der Waals surface area contributed by atoms with Crippen molar-refractivity contribution in [1.29, 1.82) is 0 Å². The molecule has 1 aromatic heterocycles. The normalized spacial score (nSPS) is 17.4. The maximum atomic E-state index is 12.5. The molecule has 1 aromatic carbocycles. The molecule has 27 heavy (non-hydrogen) atoms. The Morgan fingerprint density at radius 2 is 1.89 bits per heavy atom. The molecule has 0 radical (unpaired) electrons. The van der Waals surface area contributed by atoms with Crippen molar-refractivity contribution in [2.24, 2.45) is 0 Å². The fourth-order valence-corrected chi connectivity index (χ4v) is 3.47. The molecule has 0 saturated carbocycles. The van der Waals surface area contributed by atoms with E-state index in [1.807, 2.05) is 48.2 Å². The van der Waals surface area contributed by atoms with Crippen LogP contribution in [0.3, 0.4) is 0 Å². The van der Waals surface area contributed by atoms with Crippen LogP contribution in [-0.2, 0) is 0 Å². The van der Waals surface area contributed by atoms with Gasteiger partial charge < -0.3 is 15.3 Å². The Labute approximate surface area is 164 Å². The third kappa shape index (κ3) is 4.97. The monoisotopic (exact) mass is 388 g/mol. The van der Waals surface area contributed by atoms with Crippen molar-refractivity contribution < 1.29 is 9.90 Å². The smallest absolute Gasteiger partial charge is 0.317 e. The first-order valence-electron chi connectivity index (χ1n) is 9.14. The van der Waals surface area contributed by atoms with E-state index in [0.717, 1.165) is 11.1 Å². The zero-order chi connectivity index (χ0) is 19.2. The van der Waals surface area contributed by atoms with E-state index in [4.69, 9.17) is 11.6 Å². The molecule has 0 spiro atoms. The molecule has 6 nitrogen and oxygen atoms in total. The zero-order valence-electron chi connectivity index (χ0n) is 15.4. The van der Waals surface area contributed by atoms with Gasteiger partial charge in [0, 0.05) is 43.6 Å². The van der Waals surface area contributed by atoms with Crippen molar-refractivity contribution in [3.8, 4) is 0 Å². The van der Waals surface area contributed by atoms with Gasteiger partial charge in [-0.2, -0.15) is 0 Å². The molecule has 3 rings (SSSR count). The summed E-state index contributed by atoms with van der Waals surface area (Å²) in [4.78, 5) is 20.7. The van der Waals surface area contributed by atoms with Gasteiger partial charge in [0.05, 0.1) is 18.7 Å². The summed E-state index contributed by atoms with van der Waals surface area (Å²) in [6.07, 6.45) is 3.48. The van der Waals surface area contributed by atoms with Crippen molar-refractivity contribution in [1.82, 2.24) is 20.1 Å². The minimum atomic E-state index is -0.0940. The summed E-state index contributed by atoms with van der Waals surface area (Å²) >= 11 is 5.95. The number of pyridine rings is 1. The van der Waals surface area contributed by atoms with Gasteiger partial charge in [0.15, 0.2) is 0 Å². The fourth-order valence-electron chi connectivity index (χ4n) is 3.35. The van der Waals surface area contributed by atoms with Crippen LogP contribution < -0.4 is 5.32 Å². The summed E-state index contributed by atoms with van der Waals surface area (Å²) in [6, 6.07) is 11.1. The average Bonchev–Trinajstić information content (AvgIpc) is 2.71. The van der Waals surface area contributed by atoms with Gasteiger partial charge in [-0.3, -0.25) is 9.88 Å². The highest BCUT2D eigenvalue weighted by Crippen LogP contribution is 2.23. The van der Waals surface area contributed by atoms with Crippen LogP contribution in [0.5, 0.6) is 0 Å². The maximum Gasteiger partial charge on any atom is 0.317 e. The molecule has 144 valence electrons. The molecule has 2 aromatic rings. The number of urea groups is 1. The predicted molar refractivity (Wildman–Crippen MR) is 106 cm³/mol. The molecular formula is C20H25ClN4O2. The number of piperazine rings is 1. The molecular weight excluding hydrogens is 364 g/mol. The second kappa shape index (κ2) is 9.17. The van der Waals surface area contributed by atoms with Crippen molar-refractivity contribution in [2.75, 3.05) is 32.8 Å². The van der Waals surface area contributed by atoms with Crippen LogP contribution in [0.1, 0.15) is 30.1 Å². The van der Waals surface area contributed by atoms with Crippen molar-refractivity contribution in [3.63, 3.8) is 0 Å². The first kappa shape index (κ1) is 19.6. The van der Waals surface area contributed by atoms with E-state index in [0.29, 0.717) is 31.2 Å². The van der Waals surface area contributed by atoms with Crippen LogP contribution in [-0.4, -0.2) is 58.7 Å². The number of nitrogens with zero attached hydrogens (tertiary/aromatic N) is 3. The lowest BCUT2D eigenvalue weighted by molar-refractivity contribution is 0.0751. The Hall–Kier alpha value is -2.15. The number of amides is 2. The first-order chi connectivity index (χ1) is 13.1. The van der Waals surface area contributed by atoms with E-state index in [1.165, 1.54) is 0 Å². The maximum absolute atomic E-state index is 12.5. The number of aliphatic hydroxyl groups is 1. The Bertz CT molecular complexity index is 733. The second-order valence-electron chi connectivity index (χ2n) is 6.73. The van der Waals surface area contributed by atoms with Crippen molar-refractivity contribution in [3.05, 3.63) is 64.9 Å². The summed E-state index contributed by atoms with van der Waals surface area (Å²) in [5.74, 6) is 0. The van der Waals surface area contributed by atoms with E-state index in [-0.39, 0.29) is 24.7 Å². The molecule has 2 amide bonds. The highest BCUT2D eigenvalue weighted by atomic mass is 35.5. The quantitative estimate of drug-likeness (QED) is 0.826. The number of rotatable bonds is 5. The fraction of sp³-hybridized carbons (Fsp3) is 0.400. The molecule has 2 heterocycles. The predicted octanol–water partition coefficient (Wildman–Crippen LogP) is 2.86. The molecule has 1 unspecified atom stereocenters. The van der Waals surface area contributed by atoms with E-state index in [1.54, 1.807) is 12.4 Å². The number of aromatic nitrogens is 1. The molecule has 1 saturated heterocycles. The lowest BCUT2D eigenvalue weighted by Crippen LogP contribution is -2.53. The van der Waals surface area contributed by atoms with Crippen LogP contribution in [0, 0.1) is 0 Å². The van der Waals surface area contributed by atoms with Crippen LogP contribution in [0.4, 0.5) is 4.79 Å². The van der Waals surface area contributed by atoms with Gasteiger partial charge in [-0.1, -0.05) is 29.8 Å². The summed E-state index contributed by atoms with van der Waals surface area (Å²) in [7, 11) is 0. The minimum Gasteiger partial charge on any atom is -0.394 e. The van der Waals surface area contributed by atoms with Crippen LogP contribution in [0.15, 0.2) is 48.8 Å². The molecule has 7 heteroatoms. The molecule has 0 bridgehead atoms. The van der Waals surface area contributed by atoms with Crippen molar-refractivity contribution in [2.45, 2.75) is 19.0 Å². The molecule has 1 aliphatic rings. The Balaban J connectivity index is 1.54. The standard InChI is InChI=1S/C20H25ClN4O2/c1-15(17-3-2-8-22-13-17)23-20(27)25-11-9-24(10-12-25)19(14-26)16-4-6-18(21)7-5-16/h2-8,13,15,19,26H,9-12,14H2,1H3,(H,23,27)/t15-,19?/m0/s1. The number of carbonyl (C=O) groups is 1. The third-order valence-corrected chi connectivity index (χ3v) is 5.25. The zero-order valence-corrected chi connectivity index (χ0v) is 16.1. The Morgan fingerprint density at radius 3 is 2.48 bits per heavy atom. The van der Waals surface area contributed by atoms with E-state index < -0.39 is 0 Å². The topological polar surface area (TPSA) is 68.7 Å². The highest BCUT2D eigenvalue weighted by Gasteiger charge is 2.27. The molecule has 0 aliphatic carbocycles. The van der Waals surface area contributed by atoms with Gasteiger partial charge >= 0.3 is 6.03 Å². The van der Waals surface area contributed by atoms with E-state index >= 15 is 0 Å². The second-order valence-corrected chi connectivity index (χ2v) is 7.17. The Kier molecular flexibility index (Phi) is 6.66. The van der Waals surface area contributed by atoms with Crippen LogP contribution >= 0.6 is 11.6 Å². The highest BCUT2D eigenvalue weighted by molar-refractivity contribution is 6.30. The van der Waals surface area contributed by atoms with E-state index in [2.05, 4.69) is 15.2 Å². The SMILES string of the molecule is C[C@H](NC(=O)N1CCN(C(CO)c2ccc(Cl)cc2)CC1)c1cccnc1. The van der Waals surface area contributed by atoms with Gasteiger partial charge in [-0.05, 0) is 36.2 Å². The largest absolute Gasteiger partial charge is 0.394 e. The summed E-state index contributed by atoms with van der Waals surface area (Å²) in [5.41, 5.74) is 2.01. The molecule has 1 fully saturated rings. The van der Waals surface area contributed by atoms with Gasteiger partial charge in [0.2, 0.25) is 0 Å². The Morgan fingerprint density at radius 1 is 1.19 bits per heavy atom. The lowest BCUT2D eigenvalue weighted by Gasteiger charge is -2.39. The van der Waals surface area contributed by atoms with Gasteiger partial charge in [0.1, 0.15) is 0 Å². The molecule has 1 aliphatic heterocycles. The van der Waals surface area contributed by atoms with Crippen LogP contribution in [0.25, 0.3) is 0 Å².